The number of thiazole rings is 1. The van der Waals surface area contributed by atoms with Crippen molar-refractivity contribution < 1.29 is 4.74 Å². The number of aryl methyl sites for hydroxylation is 1. The van der Waals surface area contributed by atoms with Crippen LogP contribution < -0.4 is 16.0 Å². The van der Waals surface area contributed by atoms with Crippen molar-refractivity contribution >= 4 is 22.7 Å². The molecule has 2 heterocycles. The standard InChI is InChI=1S/C11H15N3OS2/c1-7-5-17-11(13-7)4-9(14-12)10-3-8(15-2)6-16-10/h3,5-6,9,14H,4,12H2,1-2H3. The molecule has 92 valence electrons. The minimum absolute atomic E-state index is 0.0921. The number of hydrogen-bond acceptors (Lipinski definition) is 6. The Balaban J connectivity index is 2.10. The van der Waals surface area contributed by atoms with Crippen LogP contribution in [0.25, 0.3) is 0 Å². The highest BCUT2D eigenvalue weighted by Crippen LogP contribution is 2.29. The average Bonchev–Trinajstić information content (AvgIpc) is 2.94. The van der Waals surface area contributed by atoms with E-state index in [0.717, 1.165) is 27.7 Å². The summed E-state index contributed by atoms with van der Waals surface area (Å²) in [4.78, 5) is 5.61. The molecule has 0 amide bonds. The third-order valence-corrected chi connectivity index (χ3v) is 4.44. The summed E-state index contributed by atoms with van der Waals surface area (Å²) in [5.74, 6) is 6.48. The van der Waals surface area contributed by atoms with Crippen LogP contribution in [0.2, 0.25) is 0 Å². The minimum Gasteiger partial charge on any atom is -0.496 e. The van der Waals surface area contributed by atoms with Gasteiger partial charge in [-0.15, -0.1) is 22.7 Å². The van der Waals surface area contributed by atoms with E-state index >= 15 is 0 Å². The summed E-state index contributed by atoms with van der Waals surface area (Å²) in [5, 5.41) is 5.13. The molecule has 2 aromatic rings. The molecule has 0 aromatic carbocycles. The highest BCUT2D eigenvalue weighted by Gasteiger charge is 2.15. The van der Waals surface area contributed by atoms with Crippen LogP contribution in [0, 0.1) is 6.92 Å². The van der Waals surface area contributed by atoms with Crippen LogP contribution in [-0.2, 0) is 6.42 Å². The number of nitrogens with two attached hydrogens (primary N) is 1. The molecule has 0 saturated carbocycles. The van der Waals surface area contributed by atoms with E-state index in [4.69, 9.17) is 10.6 Å². The van der Waals surface area contributed by atoms with Gasteiger partial charge in [-0.05, 0) is 13.0 Å². The summed E-state index contributed by atoms with van der Waals surface area (Å²) in [6.45, 7) is 2.00. The molecule has 0 radical (unpaired) electrons. The van der Waals surface area contributed by atoms with Gasteiger partial charge in [-0.25, -0.2) is 4.98 Å². The van der Waals surface area contributed by atoms with E-state index in [0.29, 0.717) is 0 Å². The Morgan fingerprint density at radius 3 is 2.82 bits per heavy atom. The molecule has 2 rings (SSSR count). The second-order valence-corrected chi connectivity index (χ2v) is 5.58. The second kappa shape index (κ2) is 5.59. The van der Waals surface area contributed by atoms with Gasteiger partial charge in [-0.2, -0.15) is 0 Å². The van der Waals surface area contributed by atoms with Gasteiger partial charge in [0.2, 0.25) is 0 Å². The second-order valence-electron chi connectivity index (χ2n) is 3.69. The van der Waals surface area contributed by atoms with E-state index < -0.39 is 0 Å². The molecule has 0 aliphatic heterocycles. The van der Waals surface area contributed by atoms with Crippen LogP contribution >= 0.6 is 22.7 Å². The zero-order chi connectivity index (χ0) is 12.3. The Hall–Kier alpha value is -0.950. The first kappa shape index (κ1) is 12.5. The summed E-state index contributed by atoms with van der Waals surface area (Å²) < 4.78 is 5.17. The Kier molecular flexibility index (Phi) is 4.11. The summed E-state index contributed by atoms with van der Waals surface area (Å²) in [6.07, 6.45) is 0.804. The van der Waals surface area contributed by atoms with Crippen molar-refractivity contribution in [3.8, 4) is 5.75 Å². The fourth-order valence-electron chi connectivity index (χ4n) is 1.54. The Bertz CT molecular complexity index is 481. The molecular weight excluding hydrogens is 254 g/mol. The van der Waals surface area contributed by atoms with Crippen LogP contribution in [0.5, 0.6) is 5.75 Å². The zero-order valence-corrected chi connectivity index (χ0v) is 11.4. The normalized spacial score (nSPS) is 12.6. The highest BCUT2D eigenvalue weighted by atomic mass is 32.1. The quantitative estimate of drug-likeness (QED) is 0.646. The largest absolute Gasteiger partial charge is 0.496 e. The minimum atomic E-state index is 0.0921. The molecule has 3 N–H and O–H groups in total. The predicted octanol–water partition coefficient (Wildman–Crippen LogP) is 2.27. The van der Waals surface area contributed by atoms with Crippen LogP contribution in [-0.4, -0.2) is 12.1 Å². The SMILES string of the molecule is COc1csc(C(Cc2nc(C)cs2)NN)c1. The molecule has 0 fully saturated rings. The first-order chi connectivity index (χ1) is 8.22. The Labute approximate surface area is 108 Å². The lowest BCUT2D eigenvalue weighted by atomic mass is 10.2. The van der Waals surface area contributed by atoms with Gasteiger partial charge in [0.15, 0.2) is 0 Å². The molecular formula is C11H15N3OS2. The summed E-state index contributed by atoms with van der Waals surface area (Å²) in [7, 11) is 1.67. The highest BCUT2D eigenvalue weighted by molar-refractivity contribution is 7.10. The maximum Gasteiger partial charge on any atom is 0.129 e. The molecule has 0 bridgehead atoms. The fourth-order valence-corrected chi connectivity index (χ4v) is 3.27. The lowest BCUT2D eigenvalue weighted by molar-refractivity contribution is 0.415. The molecule has 17 heavy (non-hydrogen) atoms. The van der Waals surface area contributed by atoms with E-state index in [1.54, 1.807) is 29.8 Å². The molecule has 1 unspecified atom stereocenters. The van der Waals surface area contributed by atoms with Gasteiger partial charge in [-0.3, -0.25) is 11.3 Å². The molecule has 2 aromatic heterocycles. The van der Waals surface area contributed by atoms with Crippen molar-refractivity contribution in [1.82, 2.24) is 10.4 Å². The molecule has 1 atom stereocenters. The van der Waals surface area contributed by atoms with Gasteiger partial charge in [-0.1, -0.05) is 0 Å². The number of ether oxygens (including phenoxy) is 1. The average molecular weight is 269 g/mol. The van der Waals surface area contributed by atoms with Crippen molar-refractivity contribution in [2.24, 2.45) is 5.84 Å². The van der Waals surface area contributed by atoms with Crippen molar-refractivity contribution in [3.05, 3.63) is 32.4 Å². The van der Waals surface area contributed by atoms with Crippen molar-refractivity contribution in [2.75, 3.05) is 7.11 Å². The van der Waals surface area contributed by atoms with Gasteiger partial charge >= 0.3 is 0 Å². The van der Waals surface area contributed by atoms with E-state index in [1.165, 1.54) is 0 Å². The maximum atomic E-state index is 5.60. The number of nitrogens with zero attached hydrogens (tertiary/aromatic N) is 1. The van der Waals surface area contributed by atoms with Crippen LogP contribution in [0.4, 0.5) is 0 Å². The first-order valence-electron chi connectivity index (χ1n) is 5.22. The summed E-state index contributed by atoms with van der Waals surface area (Å²) in [5.41, 5.74) is 3.89. The lowest BCUT2D eigenvalue weighted by Gasteiger charge is -2.11. The number of methoxy groups -OCH3 is 1. The fraction of sp³-hybridized carbons (Fsp3) is 0.364. The van der Waals surface area contributed by atoms with E-state index in [9.17, 15) is 0 Å². The van der Waals surface area contributed by atoms with Crippen molar-refractivity contribution in [3.63, 3.8) is 0 Å². The predicted molar refractivity (Wildman–Crippen MR) is 71.5 cm³/mol. The molecule has 4 nitrogen and oxygen atoms in total. The monoisotopic (exact) mass is 269 g/mol. The van der Waals surface area contributed by atoms with Crippen LogP contribution in [0.3, 0.4) is 0 Å². The topological polar surface area (TPSA) is 60.2 Å². The first-order valence-corrected chi connectivity index (χ1v) is 6.98. The van der Waals surface area contributed by atoms with Gasteiger partial charge in [0.05, 0.1) is 18.2 Å². The number of hydrogen-bond donors (Lipinski definition) is 2. The van der Waals surface area contributed by atoms with Gasteiger partial charge in [0.1, 0.15) is 5.75 Å². The van der Waals surface area contributed by atoms with Gasteiger partial charge < -0.3 is 4.74 Å². The molecule has 0 spiro atoms. The Morgan fingerprint density at radius 1 is 1.47 bits per heavy atom. The molecule has 0 aliphatic carbocycles. The third-order valence-electron chi connectivity index (χ3n) is 2.42. The number of hydrazine groups is 1. The number of thiophene rings is 1. The molecule has 0 aliphatic rings. The summed E-state index contributed by atoms with van der Waals surface area (Å²) in [6, 6.07) is 2.10. The third kappa shape index (κ3) is 3.04. The smallest absolute Gasteiger partial charge is 0.129 e. The van der Waals surface area contributed by atoms with Crippen molar-refractivity contribution in [2.45, 2.75) is 19.4 Å². The zero-order valence-electron chi connectivity index (χ0n) is 9.77. The number of aromatic nitrogens is 1. The lowest BCUT2D eigenvalue weighted by Crippen LogP contribution is -2.28. The molecule has 6 heteroatoms. The van der Waals surface area contributed by atoms with E-state index in [-0.39, 0.29) is 6.04 Å². The number of rotatable bonds is 5. The number of nitrogens with one attached hydrogen (secondary N) is 1. The van der Waals surface area contributed by atoms with E-state index in [1.807, 2.05) is 18.4 Å². The maximum absolute atomic E-state index is 5.60. The Morgan fingerprint density at radius 2 is 2.29 bits per heavy atom. The van der Waals surface area contributed by atoms with E-state index in [2.05, 4.69) is 15.8 Å². The van der Waals surface area contributed by atoms with Crippen LogP contribution in [0.1, 0.15) is 21.6 Å². The molecule has 0 saturated heterocycles. The van der Waals surface area contributed by atoms with Gasteiger partial charge in [0.25, 0.3) is 0 Å². The van der Waals surface area contributed by atoms with Gasteiger partial charge in [0, 0.05) is 27.8 Å². The van der Waals surface area contributed by atoms with Crippen molar-refractivity contribution in [1.29, 1.82) is 0 Å². The van der Waals surface area contributed by atoms with Crippen LogP contribution in [0.15, 0.2) is 16.8 Å². The summed E-state index contributed by atoms with van der Waals surface area (Å²) >= 11 is 3.31.